The summed E-state index contributed by atoms with van der Waals surface area (Å²) in [7, 11) is -2.83. The molecule has 5 unspecified atom stereocenters. The average Bonchev–Trinajstić information content (AvgIpc) is 2.89. The van der Waals surface area contributed by atoms with E-state index < -0.39 is 9.84 Å². The molecule has 2 N–H and O–H groups in total. The number of thioether (sulfide) groups is 1. The standard InChI is InChI=1S/C12H22N2O2S2/c1-2-18(15,16)6-8-3-4-10-11(8)9-5-13-7-14-12(9)17-10/h8-14H,2-7H2,1H3. The Kier molecular flexibility index (Phi) is 3.64. The Morgan fingerprint density at radius 2 is 2.17 bits per heavy atom. The second kappa shape index (κ2) is 4.96. The van der Waals surface area contributed by atoms with E-state index in [-0.39, 0.29) is 0 Å². The first-order valence-electron chi connectivity index (χ1n) is 6.90. The maximum Gasteiger partial charge on any atom is 0.150 e. The number of hydrogen-bond acceptors (Lipinski definition) is 5. The quantitative estimate of drug-likeness (QED) is 0.799. The van der Waals surface area contributed by atoms with Gasteiger partial charge in [0.15, 0.2) is 0 Å². The number of hydrogen-bond donors (Lipinski definition) is 2. The summed E-state index contributed by atoms with van der Waals surface area (Å²) in [6.45, 7) is 3.71. The number of fused-ring (bicyclic) bond motifs is 3. The minimum atomic E-state index is -2.83. The van der Waals surface area contributed by atoms with Gasteiger partial charge in [-0.1, -0.05) is 6.92 Å². The lowest BCUT2D eigenvalue weighted by atomic mass is 9.84. The molecular formula is C12H22N2O2S2. The van der Waals surface area contributed by atoms with Gasteiger partial charge in [-0.15, -0.1) is 11.8 Å². The van der Waals surface area contributed by atoms with Crippen LogP contribution in [0.5, 0.6) is 0 Å². The molecule has 0 bridgehead atoms. The first-order chi connectivity index (χ1) is 8.61. The van der Waals surface area contributed by atoms with Crippen LogP contribution in [0.4, 0.5) is 0 Å². The zero-order chi connectivity index (χ0) is 12.8. The van der Waals surface area contributed by atoms with Gasteiger partial charge in [-0.25, -0.2) is 8.42 Å². The topological polar surface area (TPSA) is 58.2 Å². The first kappa shape index (κ1) is 13.2. The summed E-state index contributed by atoms with van der Waals surface area (Å²) in [4.78, 5) is 0. The van der Waals surface area contributed by atoms with Crippen LogP contribution in [0.1, 0.15) is 19.8 Å². The van der Waals surface area contributed by atoms with E-state index in [4.69, 9.17) is 0 Å². The predicted octanol–water partition coefficient (Wildman–Crippen LogP) is 0.655. The van der Waals surface area contributed by atoms with E-state index in [0.717, 1.165) is 19.6 Å². The van der Waals surface area contributed by atoms with Crippen molar-refractivity contribution in [1.82, 2.24) is 10.6 Å². The molecule has 3 fully saturated rings. The molecule has 1 saturated carbocycles. The fraction of sp³-hybridized carbons (Fsp3) is 1.00. The molecule has 0 aromatic heterocycles. The third-order valence-electron chi connectivity index (χ3n) is 4.72. The van der Waals surface area contributed by atoms with Gasteiger partial charge < -0.3 is 5.32 Å². The predicted molar refractivity (Wildman–Crippen MR) is 75.2 cm³/mol. The van der Waals surface area contributed by atoms with Crippen LogP contribution in [0.25, 0.3) is 0 Å². The van der Waals surface area contributed by atoms with Gasteiger partial charge in [0.2, 0.25) is 0 Å². The molecule has 0 spiro atoms. The van der Waals surface area contributed by atoms with Crippen molar-refractivity contribution in [2.45, 2.75) is 30.4 Å². The van der Waals surface area contributed by atoms with Crippen LogP contribution in [-0.2, 0) is 9.84 Å². The summed E-state index contributed by atoms with van der Waals surface area (Å²) in [6, 6.07) is 0. The van der Waals surface area contributed by atoms with Gasteiger partial charge in [-0.05, 0) is 24.7 Å². The zero-order valence-corrected chi connectivity index (χ0v) is 12.4. The summed E-state index contributed by atoms with van der Waals surface area (Å²) in [6.07, 6.45) is 2.30. The molecule has 3 aliphatic rings. The van der Waals surface area contributed by atoms with Crippen LogP contribution in [-0.4, -0.2) is 43.8 Å². The second-order valence-corrected chi connectivity index (χ2v) is 9.49. The lowest BCUT2D eigenvalue weighted by Crippen LogP contribution is -2.50. The molecular weight excluding hydrogens is 268 g/mol. The Labute approximate surface area is 114 Å². The summed E-state index contributed by atoms with van der Waals surface area (Å²) in [5.74, 6) is 2.31. The van der Waals surface area contributed by atoms with Crippen LogP contribution >= 0.6 is 11.8 Å². The third kappa shape index (κ3) is 2.32. The van der Waals surface area contributed by atoms with Crippen LogP contribution in [0.15, 0.2) is 0 Å². The minimum Gasteiger partial charge on any atom is -0.304 e. The first-order valence-corrected chi connectivity index (χ1v) is 9.67. The van der Waals surface area contributed by atoms with Crippen LogP contribution in [0, 0.1) is 17.8 Å². The zero-order valence-electron chi connectivity index (χ0n) is 10.8. The fourth-order valence-electron chi connectivity index (χ4n) is 3.83. The molecule has 5 atom stereocenters. The summed E-state index contributed by atoms with van der Waals surface area (Å²) < 4.78 is 23.7. The van der Waals surface area contributed by atoms with Gasteiger partial charge in [0.05, 0.1) is 11.1 Å². The van der Waals surface area contributed by atoms with Gasteiger partial charge in [0, 0.05) is 30.1 Å². The molecule has 3 rings (SSSR count). The van der Waals surface area contributed by atoms with Gasteiger partial charge in [0.25, 0.3) is 0 Å². The largest absolute Gasteiger partial charge is 0.304 e. The van der Waals surface area contributed by atoms with Gasteiger partial charge in [0.1, 0.15) is 9.84 Å². The van der Waals surface area contributed by atoms with Crippen LogP contribution < -0.4 is 10.6 Å². The Hall–Kier alpha value is 0.220. The number of nitrogens with one attached hydrogen (secondary N) is 2. The molecule has 2 aliphatic heterocycles. The van der Waals surface area contributed by atoms with Crippen molar-refractivity contribution in [2.24, 2.45) is 17.8 Å². The molecule has 104 valence electrons. The Morgan fingerprint density at radius 3 is 2.94 bits per heavy atom. The van der Waals surface area contributed by atoms with E-state index in [1.54, 1.807) is 6.92 Å². The van der Waals surface area contributed by atoms with E-state index in [0.29, 0.717) is 39.9 Å². The molecule has 2 heterocycles. The van der Waals surface area contributed by atoms with E-state index in [1.807, 2.05) is 0 Å². The minimum absolute atomic E-state index is 0.290. The lowest BCUT2D eigenvalue weighted by Gasteiger charge is -2.32. The average molecular weight is 290 g/mol. The molecule has 4 nitrogen and oxygen atoms in total. The normalized spacial score (nSPS) is 43.7. The van der Waals surface area contributed by atoms with Gasteiger partial charge in [-0.2, -0.15) is 0 Å². The van der Waals surface area contributed by atoms with Gasteiger partial charge >= 0.3 is 0 Å². The van der Waals surface area contributed by atoms with Crippen molar-refractivity contribution in [3.63, 3.8) is 0 Å². The summed E-state index contributed by atoms with van der Waals surface area (Å²) >= 11 is 2.06. The van der Waals surface area contributed by atoms with E-state index in [9.17, 15) is 8.42 Å². The second-order valence-electron chi connectivity index (χ2n) is 5.71. The van der Waals surface area contributed by atoms with Crippen molar-refractivity contribution in [3.8, 4) is 0 Å². The van der Waals surface area contributed by atoms with Crippen LogP contribution in [0.3, 0.4) is 0 Å². The highest BCUT2D eigenvalue weighted by molar-refractivity contribution is 8.00. The molecule has 1 aliphatic carbocycles. The molecule has 0 amide bonds. The van der Waals surface area contributed by atoms with E-state index in [2.05, 4.69) is 22.4 Å². The fourth-order valence-corrected chi connectivity index (χ4v) is 7.02. The molecule has 0 aromatic rings. The van der Waals surface area contributed by atoms with Crippen LogP contribution in [0.2, 0.25) is 0 Å². The highest BCUT2D eigenvalue weighted by Gasteiger charge is 2.51. The smallest absolute Gasteiger partial charge is 0.150 e. The summed E-state index contributed by atoms with van der Waals surface area (Å²) in [5.41, 5.74) is 0. The van der Waals surface area contributed by atoms with Crippen molar-refractivity contribution >= 4 is 21.6 Å². The lowest BCUT2D eigenvalue weighted by molar-refractivity contribution is 0.237. The monoisotopic (exact) mass is 290 g/mol. The van der Waals surface area contributed by atoms with Gasteiger partial charge in [-0.3, -0.25) is 5.32 Å². The van der Waals surface area contributed by atoms with E-state index in [1.165, 1.54) is 6.42 Å². The number of rotatable bonds is 3. The summed E-state index contributed by atoms with van der Waals surface area (Å²) in [5, 5.41) is 8.14. The third-order valence-corrected chi connectivity index (χ3v) is 8.24. The maximum atomic E-state index is 11.9. The molecule has 2 saturated heterocycles. The molecule has 18 heavy (non-hydrogen) atoms. The Balaban J connectivity index is 1.74. The van der Waals surface area contributed by atoms with Crippen molar-refractivity contribution < 1.29 is 8.42 Å². The maximum absolute atomic E-state index is 11.9. The van der Waals surface area contributed by atoms with Crippen molar-refractivity contribution in [1.29, 1.82) is 0 Å². The molecule has 6 heteroatoms. The SMILES string of the molecule is CCS(=O)(=O)CC1CCC2SC3NCNCC3C12. The highest BCUT2D eigenvalue weighted by atomic mass is 32.2. The Bertz CT molecular complexity index is 412. The number of sulfone groups is 1. The van der Waals surface area contributed by atoms with E-state index >= 15 is 0 Å². The Morgan fingerprint density at radius 1 is 1.33 bits per heavy atom. The highest BCUT2D eigenvalue weighted by Crippen LogP contribution is 2.53. The molecule has 0 radical (unpaired) electrons. The van der Waals surface area contributed by atoms with Crippen molar-refractivity contribution in [3.05, 3.63) is 0 Å². The molecule has 0 aromatic carbocycles. The van der Waals surface area contributed by atoms with Crippen molar-refractivity contribution in [2.75, 3.05) is 24.7 Å².